The van der Waals surface area contributed by atoms with E-state index in [0.29, 0.717) is 48.8 Å². The van der Waals surface area contributed by atoms with Crippen molar-refractivity contribution >= 4 is 15.9 Å². The van der Waals surface area contributed by atoms with Crippen LogP contribution in [0.5, 0.6) is 0 Å². The first-order chi connectivity index (χ1) is 13.9. The van der Waals surface area contributed by atoms with Gasteiger partial charge in [-0.25, -0.2) is 8.42 Å². The number of nitrogens with zero attached hydrogens (tertiary/aromatic N) is 2. The second kappa shape index (κ2) is 8.38. The third kappa shape index (κ3) is 4.11. The van der Waals surface area contributed by atoms with Crippen LogP contribution in [0.15, 0.2) is 29.2 Å². The van der Waals surface area contributed by atoms with Crippen LogP contribution in [0, 0.1) is 18.8 Å². The molecule has 0 aromatic heterocycles. The van der Waals surface area contributed by atoms with Crippen LogP contribution in [-0.2, 0) is 14.8 Å². The van der Waals surface area contributed by atoms with Crippen molar-refractivity contribution in [3.05, 3.63) is 29.8 Å². The maximum Gasteiger partial charge on any atom is 0.243 e. The van der Waals surface area contributed by atoms with Crippen LogP contribution in [-0.4, -0.2) is 48.7 Å². The van der Waals surface area contributed by atoms with Crippen molar-refractivity contribution in [3.8, 4) is 0 Å². The summed E-state index contributed by atoms with van der Waals surface area (Å²) in [6, 6.07) is 7.76. The molecule has 0 N–H and O–H groups in total. The molecule has 0 spiro atoms. The van der Waals surface area contributed by atoms with E-state index in [2.05, 4.69) is 11.8 Å². The summed E-state index contributed by atoms with van der Waals surface area (Å²) >= 11 is 0. The van der Waals surface area contributed by atoms with Crippen LogP contribution in [0.3, 0.4) is 0 Å². The normalized spacial score (nSPS) is 29.4. The van der Waals surface area contributed by atoms with Crippen molar-refractivity contribution in [1.82, 2.24) is 9.21 Å². The molecule has 1 aromatic carbocycles. The van der Waals surface area contributed by atoms with Crippen molar-refractivity contribution in [3.63, 3.8) is 0 Å². The molecule has 0 unspecified atom stereocenters. The van der Waals surface area contributed by atoms with Crippen LogP contribution in [0.2, 0.25) is 0 Å². The Bertz CT molecular complexity index is 828. The maximum absolute atomic E-state index is 13.4. The molecule has 4 rings (SSSR count). The highest BCUT2D eigenvalue weighted by Gasteiger charge is 2.42. The molecule has 29 heavy (non-hydrogen) atoms. The molecule has 2 saturated heterocycles. The van der Waals surface area contributed by atoms with E-state index in [1.807, 2.05) is 19.1 Å². The van der Waals surface area contributed by atoms with Crippen molar-refractivity contribution in [1.29, 1.82) is 0 Å². The van der Waals surface area contributed by atoms with Gasteiger partial charge in [0.2, 0.25) is 15.9 Å². The number of piperidine rings is 2. The van der Waals surface area contributed by atoms with E-state index < -0.39 is 10.0 Å². The Hall–Kier alpha value is -1.40. The lowest BCUT2D eigenvalue weighted by Crippen LogP contribution is -2.56. The van der Waals surface area contributed by atoms with Crippen molar-refractivity contribution < 1.29 is 13.2 Å². The minimum atomic E-state index is -3.47. The Morgan fingerprint density at radius 3 is 2.28 bits per heavy atom. The molecule has 1 amide bonds. The fourth-order valence-electron chi connectivity index (χ4n) is 5.61. The molecule has 2 heterocycles. The zero-order chi connectivity index (χ0) is 20.6. The van der Waals surface area contributed by atoms with Crippen LogP contribution < -0.4 is 0 Å². The van der Waals surface area contributed by atoms with Crippen molar-refractivity contribution in [2.75, 3.05) is 13.1 Å². The Balaban J connectivity index is 1.42. The van der Waals surface area contributed by atoms with Gasteiger partial charge in [0.25, 0.3) is 0 Å². The number of aryl methyl sites for hydroxylation is 1. The molecule has 3 atom stereocenters. The van der Waals surface area contributed by atoms with E-state index in [4.69, 9.17) is 0 Å². The number of rotatable bonds is 3. The monoisotopic (exact) mass is 418 g/mol. The second-order valence-electron chi connectivity index (χ2n) is 9.28. The number of amides is 1. The lowest BCUT2D eigenvalue weighted by atomic mass is 9.76. The molecule has 0 bridgehead atoms. The van der Waals surface area contributed by atoms with E-state index >= 15 is 0 Å². The van der Waals surface area contributed by atoms with Gasteiger partial charge in [0.15, 0.2) is 0 Å². The van der Waals surface area contributed by atoms with Gasteiger partial charge in [0.05, 0.1) is 4.90 Å². The highest BCUT2D eigenvalue weighted by molar-refractivity contribution is 7.89. The number of fused-ring (bicyclic) bond motifs is 1. The Morgan fingerprint density at radius 1 is 0.931 bits per heavy atom. The number of benzene rings is 1. The summed E-state index contributed by atoms with van der Waals surface area (Å²) in [6.45, 7) is 5.01. The van der Waals surface area contributed by atoms with Gasteiger partial charge < -0.3 is 4.90 Å². The van der Waals surface area contributed by atoms with Gasteiger partial charge in [-0.05, 0) is 70.4 Å². The van der Waals surface area contributed by atoms with Crippen molar-refractivity contribution in [2.45, 2.75) is 82.2 Å². The SMILES string of the molecule is Cc1ccc(S(=O)(=O)N2CCC(C(=O)N3[C@H](C)CC[C@@H]4CCCC[C@@H]43)CC2)cc1. The Kier molecular flexibility index (Phi) is 6.03. The minimum Gasteiger partial charge on any atom is -0.336 e. The molecule has 160 valence electrons. The van der Waals surface area contributed by atoms with Crippen LogP contribution in [0.25, 0.3) is 0 Å². The Morgan fingerprint density at radius 2 is 1.59 bits per heavy atom. The van der Waals surface area contributed by atoms with E-state index in [0.717, 1.165) is 18.4 Å². The zero-order valence-electron chi connectivity index (χ0n) is 17.7. The number of hydrogen-bond acceptors (Lipinski definition) is 3. The van der Waals surface area contributed by atoms with E-state index in [1.165, 1.54) is 25.7 Å². The van der Waals surface area contributed by atoms with Gasteiger partial charge in [-0.3, -0.25) is 4.79 Å². The predicted molar refractivity (Wildman–Crippen MR) is 114 cm³/mol. The molecule has 1 aliphatic carbocycles. The lowest BCUT2D eigenvalue weighted by molar-refractivity contribution is -0.147. The summed E-state index contributed by atoms with van der Waals surface area (Å²) in [5.74, 6) is 0.912. The quantitative estimate of drug-likeness (QED) is 0.746. The van der Waals surface area contributed by atoms with Gasteiger partial charge in [0, 0.05) is 31.1 Å². The highest BCUT2D eigenvalue weighted by Crippen LogP contribution is 2.39. The molecule has 5 nitrogen and oxygen atoms in total. The first-order valence-corrected chi connectivity index (χ1v) is 12.7. The topological polar surface area (TPSA) is 57.7 Å². The molecule has 1 aromatic rings. The van der Waals surface area contributed by atoms with Gasteiger partial charge in [0.1, 0.15) is 0 Å². The summed E-state index contributed by atoms with van der Waals surface area (Å²) in [5, 5.41) is 0. The van der Waals surface area contributed by atoms with Gasteiger partial charge in [-0.1, -0.05) is 30.5 Å². The minimum absolute atomic E-state index is 0.0393. The molecule has 6 heteroatoms. The highest BCUT2D eigenvalue weighted by atomic mass is 32.2. The third-order valence-electron chi connectivity index (χ3n) is 7.37. The smallest absolute Gasteiger partial charge is 0.243 e. The summed E-state index contributed by atoms with van der Waals surface area (Å²) < 4.78 is 27.5. The number of hydrogen-bond donors (Lipinski definition) is 0. The lowest BCUT2D eigenvalue weighted by Gasteiger charge is -2.49. The third-order valence-corrected chi connectivity index (χ3v) is 9.29. The van der Waals surface area contributed by atoms with Crippen LogP contribution in [0.1, 0.15) is 63.9 Å². The first kappa shape index (κ1) is 20.9. The van der Waals surface area contributed by atoms with Gasteiger partial charge in [-0.2, -0.15) is 4.31 Å². The van der Waals surface area contributed by atoms with Crippen molar-refractivity contribution in [2.24, 2.45) is 11.8 Å². The summed E-state index contributed by atoms with van der Waals surface area (Å²) in [5.41, 5.74) is 1.05. The molecular formula is C23H34N2O3S. The summed E-state index contributed by atoms with van der Waals surface area (Å²) in [6.07, 6.45) is 8.54. The average molecular weight is 419 g/mol. The molecule has 3 fully saturated rings. The summed E-state index contributed by atoms with van der Waals surface area (Å²) in [4.78, 5) is 16.0. The van der Waals surface area contributed by atoms with Gasteiger partial charge in [-0.15, -0.1) is 0 Å². The van der Waals surface area contributed by atoms with E-state index in [1.54, 1.807) is 16.4 Å². The summed E-state index contributed by atoms with van der Waals surface area (Å²) in [7, 11) is -3.47. The fourth-order valence-corrected chi connectivity index (χ4v) is 7.08. The van der Waals surface area contributed by atoms with Crippen LogP contribution >= 0.6 is 0 Å². The van der Waals surface area contributed by atoms with Gasteiger partial charge >= 0.3 is 0 Å². The molecule has 3 aliphatic rings. The average Bonchev–Trinajstić information content (AvgIpc) is 2.73. The first-order valence-electron chi connectivity index (χ1n) is 11.3. The molecule has 0 radical (unpaired) electrons. The van der Waals surface area contributed by atoms with E-state index in [9.17, 15) is 13.2 Å². The largest absolute Gasteiger partial charge is 0.336 e. The molecule has 2 aliphatic heterocycles. The van der Waals surface area contributed by atoms with Crippen LogP contribution in [0.4, 0.5) is 0 Å². The zero-order valence-corrected chi connectivity index (χ0v) is 18.5. The number of likely N-dealkylation sites (tertiary alicyclic amines) is 1. The number of carbonyl (C=O) groups is 1. The molecular weight excluding hydrogens is 384 g/mol. The number of carbonyl (C=O) groups excluding carboxylic acids is 1. The second-order valence-corrected chi connectivity index (χ2v) is 11.2. The fraction of sp³-hybridized carbons (Fsp3) is 0.696. The molecule has 1 saturated carbocycles. The standard InChI is InChI=1S/C23H34N2O3S/c1-17-7-11-21(12-8-17)29(27,28)24-15-13-20(14-16-24)23(26)25-18(2)9-10-19-5-3-4-6-22(19)25/h7-8,11-12,18-20,22H,3-6,9-10,13-16H2,1-2H3/t18-,19+,22+/m1/s1. The maximum atomic E-state index is 13.4. The Labute approximate surface area is 175 Å². The predicted octanol–water partition coefficient (Wildman–Crippen LogP) is 3.97. The number of sulfonamides is 1. The van der Waals surface area contributed by atoms with E-state index in [-0.39, 0.29) is 11.8 Å².